The summed E-state index contributed by atoms with van der Waals surface area (Å²) in [6.07, 6.45) is 4.19. The Morgan fingerprint density at radius 2 is 1.92 bits per heavy atom. The predicted molar refractivity (Wildman–Crippen MR) is 96.6 cm³/mol. The van der Waals surface area contributed by atoms with Crippen molar-refractivity contribution in [3.05, 3.63) is 29.8 Å². The molecule has 1 aliphatic carbocycles. The second kappa shape index (κ2) is 9.37. The number of rotatable bonds is 4. The van der Waals surface area contributed by atoms with Crippen molar-refractivity contribution in [1.82, 2.24) is 5.32 Å². The lowest BCUT2D eigenvalue weighted by molar-refractivity contribution is -0.121. The zero-order chi connectivity index (χ0) is 16.1. The van der Waals surface area contributed by atoms with E-state index in [1.807, 2.05) is 24.3 Å². The second-order valence-electron chi connectivity index (χ2n) is 6.38. The van der Waals surface area contributed by atoms with Gasteiger partial charge >= 0.3 is 0 Å². The van der Waals surface area contributed by atoms with Crippen LogP contribution in [0.5, 0.6) is 0 Å². The number of halogens is 1. The molecule has 0 aromatic heterocycles. The normalized spacial score (nSPS) is 27.1. The quantitative estimate of drug-likeness (QED) is 0.872. The number of hydrogen-bond acceptors (Lipinski definition) is 4. The topological polar surface area (TPSA) is 59.6 Å². The average molecular weight is 355 g/mol. The largest absolute Gasteiger partial charge is 0.381 e. The molecule has 1 aromatic carbocycles. The molecule has 24 heavy (non-hydrogen) atoms. The summed E-state index contributed by atoms with van der Waals surface area (Å²) in [5, 5.41) is 6.36. The van der Waals surface area contributed by atoms with Gasteiger partial charge in [-0.05, 0) is 43.4 Å². The molecule has 1 heterocycles. The van der Waals surface area contributed by atoms with Crippen molar-refractivity contribution < 1.29 is 14.3 Å². The SMILES string of the molecule is CO[C@H]1CC[C@H](C(=O)Nc2ccc(C3CNCCO3)cc2)CC1.Cl. The first-order valence-electron chi connectivity index (χ1n) is 8.52. The Labute approximate surface area is 149 Å². The number of methoxy groups -OCH3 is 1. The number of anilines is 1. The Kier molecular flexibility index (Phi) is 7.49. The van der Waals surface area contributed by atoms with Crippen LogP contribution in [0.1, 0.15) is 37.4 Å². The molecule has 2 N–H and O–H groups in total. The van der Waals surface area contributed by atoms with Crippen molar-refractivity contribution in [2.45, 2.75) is 37.9 Å². The van der Waals surface area contributed by atoms with Crippen LogP contribution < -0.4 is 10.6 Å². The van der Waals surface area contributed by atoms with E-state index in [9.17, 15) is 4.79 Å². The number of amides is 1. The third-order valence-corrected chi connectivity index (χ3v) is 4.86. The van der Waals surface area contributed by atoms with Gasteiger partial charge in [-0.2, -0.15) is 0 Å². The monoisotopic (exact) mass is 354 g/mol. The Morgan fingerprint density at radius 3 is 2.50 bits per heavy atom. The fourth-order valence-electron chi connectivity index (χ4n) is 3.37. The molecule has 1 aromatic rings. The van der Waals surface area contributed by atoms with Crippen LogP contribution in [-0.4, -0.2) is 38.8 Å². The standard InChI is InChI=1S/C18H26N2O3.ClH/c1-22-16-8-4-14(5-9-16)18(21)20-15-6-2-13(3-7-15)17-12-19-10-11-23-17;/h2-3,6-7,14,16-17,19H,4-5,8-12H2,1H3,(H,20,21);1H/t14-,16-,17?;. The summed E-state index contributed by atoms with van der Waals surface area (Å²) in [5.41, 5.74) is 2.01. The lowest BCUT2D eigenvalue weighted by atomic mass is 9.87. The Bertz CT molecular complexity index is 510. The van der Waals surface area contributed by atoms with Gasteiger partial charge in [-0.3, -0.25) is 4.79 Å². The number of benzene rings is 1. The zero-order valence-corrected chi connectivity index (χ0v) is 14.9. The van der Waals surface area contributed by atoms with Gasteiger partial charge in [-0.25, -0.2) is 0 Å². The fraction of sp³-hybridized carbons (Fsp3) is 0.611. The Hall–Kier alpha value is -1.14. The molecule has 134 valence electrons. The van der Waals surface area contributed by atoms with E-state index < -0.39 is 0 Å². The molecule has 1 atom stereocenters. The number of hydrogen-bond donors (Lipinski definition) is 2. The molecule has 1 unspecified atom stereocenters. The minimum absolute atomic E-state index is 0. The first-order chi connectivity index (χ1) is 11.3. The van der Waals surface area contributed by atoms with E-state index in [-0.39, 0.29) is 30.3 Å². The first-order valence-corrected chi connectivity index (χ1v) is 8.52. The number of ether oxygens (including phenoxy) is 2. The van der Waals surface area contributed by atoms with Gasteiger partial charge in [0.15, 0.2) is 0 Å². The van der Waals surface area contributed by atoms with Gasteiger partial charge < -0.3 is 20.1 Å². The predicted octanol–water partition coefficient (Wildman–Crippen LogP) is 2.91. The van der Waals surface area contributed by atoms with Crippen molar-refractivity contribution in [3.63, 3.8) is 0 Å². The minimum Gasteiger partial charge on any atom is -0.381 e. The van der Waals surface area contributed by atoms with Crippen LogP contribution in [0.3, 0.4) is 0 Å². The van der Waals surface area contributed by atoms with E-state index >= 15 is 0 Å². The second-order valence-corrected chi connectivity index (χ2v) is 6.38. The third-order valence-electron chi connectivity index (χ3n) is 4.86. The van der Waals surface area contributed by atoms with E-state index in [2.05, 4.69) is 10.6 Å². The van der Waals surface area contributed by atoms with Gasteiger partial charge in [0.2, 0.25) is 5.91 Å². The zero-order valence-electron chi connectivity index (χ0n) is 14.1. The van der Waals surface area contributed by atoms with Crippen LogP contribution >= 0.6 is 12.4 Å². The van der Waals surface area contributed by atoms with Gasteiger partial charge in [-0.1, -0.05) is 12.1 Å². The third kappa shape index (κ3) is 4.93. The van der Waals surface area contributed by atoms with Crippen molar-refractivity contribution >= 4 is 24.0 Å². The maximum absolute atomic E-state index is 12.4. The summed E-state index contributed by atoms with van der Waals surface area (Å²) >= 11 is 0. The van der Waals surface area contributed by atoms with Crippen LogP contribution in [-0.2, 0) is 14.3 Å². The van der Waals surface area contributed by atoms with Crippen LogP contribution in [0.15, 0.2) is 24.3 Å². The molecule has 1 saturated carbocycles. The summed E-state index contributed by atoms with van der Waals surface area (Å²) in [4.78, 5) is 12.4. The highest BCUT2D eigenvalue weighted by Gasteiger charge is 2.26. The molecule has 0 radical (unpaired) electrons. The molecule has 1 saturated heterocycles. The van der Waals surface area contributed by atoms with Crippen LogP contribution in [0.25, 0.3) is 0 Å². The summed E-state index contributed by atoms with van der Waals surface area (Å²) < 4.78 is 11.1. The maximum atomic E-state index is 12.4. The highest BCUT2D eigenvalue weighted by atomic mass is 35.5. The lowest BCUT2D eigenvalue weighted by Gasteiger charge is -2.27. The Balaban J connectivity index is 0.00000208. The molecule has 1 aliphatic heterocycles. The van der Waals surface area contributed by atoms with Crippen molar-refractivity contribution in [2.75, 3.05) is 32.1 Å². The van der Waals surface area contributed by atoms with Gasteiger partial charge in [0, 0.05) is 31.8 Å². The molecule has 5 nitrogen and oxygen atoms in total. The lowest BCUT2D eigenvalue weighted by Crippen LogP contribution is -2.33. The maximum Gasteiger partial charge on any atom is 0.227 e. The molecule has 2 aliphatic rings. The highest BCUT2D eigenvalue weighted by molar-refractivity contribution is 5.92. The molecule has 6 heteroatoms. The van der Waals surface area contributed by atoms with E-state index in [0.29, 0.717) is 6.10 Å². The van der Waals surface area contributed by atoms with Crippen molar-refractivity contribution in [3.8, 4) is 0 Å². The first kappa shape index (κ1) is 19.2. The van der Waals surface area contributed by atoms with Crippen LogP contribution in [0.4, 0.5) is 5.69 Å². The smallest absolute Gasteiger partial charge is 0.227 e. The summed E-state index contributed by atoms with van der Waals surface area (Å²) in [6.45, 7) is 2.50. The fourth-order valence-corrected chi connectivity index (χ4v) is 3.37. The molecule has 0 bridgehead atoms. The average Bonchev–Trinajstić information content (AvgIpc) is 2.63. The number of carbonyl (C=O) groups is 1. The number of carbonyl (C=O) groups excluding carboxylic acids is 1. The van der Waals surface area contributed by atoms with Gasteiger partial charge in [0.25, 0.3) is 0 Å². The van der Waals surface area contributed by atoms with Crippen molar-refractivity contribution in [1.29, 1.82) is 0 Å². The molecular weight excluding hydrogens is 328 g/mol. The van der Waals surface area contributed by atoms with Gasteiger partial charge in [0.1, 0.15) is 0 Å². The van der Waals surface area contributed by atoms with Gasteiger partial charge in [-0.15, -0.1) is 12.4 Å². The van der Waals surface area contributed by atoms with E-state index in [1.165, 1.54) is 0 Å². The van der Waals surface area contributed by atoms with Crippen LogP contribution in [0, 0.1) is 5.92 Å². The Morgan fingerprint density at radius 1 is 1.21 bits per heavy atom. The van der Waals surface area contributed by atoms with Gasteiger partial charge in [0.05, 0.1) is 18.8 Å². The molecule has 3 rings (SSSR count). The summed E-state index contributed by atoms with van der Waals surface area (Å²) in [7, 11) is 1.75. The van der Waals surface area contributed by atoms with Crippen LogP contribution in [0.2, 0.25) is 0 Å². The molecule has 0 spiro atoms. The number of morpholine rings is 1. The molecule has 1 amide bonds. The van der Waals surface area contributed by atoms with E-state index in [1.54, 1.807) is 7.11 Å². The molecule has 2 fully saturated rings. The van der Waals surface area contributed by atoms with E-state index in [0.717, 1.165) is 56.6 Å². The minimum atomic E-state index is 0. The molecular formula is C18H27ClN2O3. The van der Waals surface area contributed by atoms with Crippen molar-refractivity contribution in [2.24, 2.45) is 5.92 Å². The summed E-state index contributed by atoms with van der Waals surface area (Å²) in [6, 6.07) is 8.00. The van der Waals surface area contributed by atoms with E-state index in [4.69, 9.17) is 9.47 Å². The highest BCUT2D eigenvalue weighted by Crippen LogP contribution is 2.27. The summed E-state index contributed by atoms with van der Waals surface area (Å²) in [5.74, 6) is 0.231. The number of nitrogens with one attached hydrogen (secondary N) is 2.